The quantitative estimate of drug-likeness (QED) is 0.503. The molecule has 0 amide bonds. The van der Waals surface area contributed by atoms with Crippen LogP contribution in [-0.2, 0) is 39.0 Å². The highest BCUT2D eigenvalue weighted by atomic mass is 32.2. The Morgan fingerprint density at radius 3 is 2.72 bits per heavy atom. The van der Waals surface area contributed by atoms with Crippen molar-refractivity contribution in [2.24, 2.45) is 0 Å². The first-order valence-electron chi connectivity index (χ1n) is 9.35. The topological polar surface area (TPSA) is 84.9 Å². The molecule has 0 atom stereocenters. The Kier molecular flexibility index (Phi) is 7.07. The molecule has 1 aliphatic heterocycles. The lowest BCUT2D eigenvalue weighted by molar-refractivity contribution is 0.0595. The van der Waals surface area contributed by atoms with Gasteiger partial charge in [-0.1, -0.05) is 24.3 Å². The monoisotopic (exact) mass is 438 g/mol. The van der Waals surface area contributed by atoms with Crippen molar-refractivity contribution in [3.05, 3.63) is 51.4 Å². The number of carbonyl (C=O) groups excluding carboxylic acids is 1. The van der Waals surface area contributed by atoms with Crippen molar-refractivity contribution in [3.63, 3.8) is 0 Å². The van der Waals surface area contributed by atoms with Crippen molar-refractivity contribution in [1.82, 2.24) is 9.62 Å². The number of aryl methyl sites for hydroxylation is 1. The Hall–Kier alpha value is -1.78. The molecule has 29 heavy (non-hydrogen) atoms. The second-order valence-electron chi connectivity index (χ2n) is 6.94. The molecule has 2 heterocycles. The molecule has 0 aliphatic carbocycles. The van der Waals surface area contributed by atoms with Gasteiger partial charge in [-0.05, 0) is 30.0 Å². The van der Waals surface area contributed by atoms with Gasteiger partial charge in [0.2, 0.25) is 0 Å². The molecule has 1 N–H and O–H groups in total. The molecule has 0 saturated carbocycles. The van der Waals surface area contributed by atoms with Gasteiger partial charge in [0.25, 0.3) is 10.0 Å². The fourth-order valence-electron chi connectivity index (χ4n) is 3.44. The second-order valence-corrected chi connectivity index (χ2v) is 10.0. The number of esters is 1. The van der Waals surface area contributed by atoms with Crippen LogP contribution in [0.25, 0.3) is 0 Å². The van der Waals surface area contributed by atoms with Gasteiger partial charge in [0, 0.05) is 38.2 Å². The summed E-state index contributed by atoms with van der Waals surface area (Å²) in [6.45, 7) is 4.61. The van der Waals surface area contributed by atoms with Gasteiger partial charge in [-0.15, -0.1) is 11.3 Å². The molecule has 1 aromatic heterocycles. The van der Waals surface area contributed by atoms with Crippen molar-refractivity contribution < 1.29 is 22.7 Å². The summed E-state index contributed by atoms with van der Waals surface area (Å²) in [7, 11) is -1.05. The third-order valence-electron chi connectivity index (χ3n) is 4.99. The average molecular weight is 439 g/mol. The van der Waals surface area contributed by atoms with Crippen molar-refractivity contribution in [3.8, 4) is 0 Å². The SMILES string of the molecule is COCCNS(=O)(=O)c1sc2c(c1C(=O)OC)CCN(Cc1ccccc1C)C2. The molecule has 0 fully saturated rings. The predicted molar refractivity (Wildman–Crippen MR) is 112 cm³/mol. The zero-order chi connectivity index (χ0) is 21.0. The normalized spacial score (nSPS) is 14.6. The number of nitrogens with one attached hydrogen (secondary N) is 1. The van der Waals surface area contributed by atoms with Crippen molar-refractivity contribution in [2.45, 2.75) is 30.6 Å². The molecule has 0 radical (unpaired) electrons. The first-order chi connectivity index (χ1) is 13.9. The number of rotatable bonds is 8. The number of hydrogen-bond donors (Lipinski definition) is 1. The lowest BCUT2D eigenvalue weighted by Gasteiger charge is -2.27. The van der Waals surface area contributed by atoms with E-state index in [2.05, 4.69) is 28.7 Å². The van der Waals surface area contributed by atoms with Gasteiger partial charge in [-0.25, -0.2) is 17.9 Å². The minimum absolute atomic E-state index is 0.0307. The van der Waals surface area contributed by atoms with E-state index >= 15 is 0 Å². The standard InChI is InChI=1S/C20H26N2O5S2/c1-14-6-4-5-7-15(14)12-22-10-8-16-17(13-22)28-20(18(16)19(23)27-3)29(24,25)21-9-11-26-2/h4-7,21H,8-13H2,1-3H3. The van der Waals surface area contributed by atoms with Gasteiger partial charge in [0.1, 0.15) is 4.21 Å². The molecule has 0 bridgehead atoms. The smallest absolute Gasteiger partial charge is 0.340 e. The Morgan fingerprint density at radius 2 is 2.03 bits per heavy atom. The van der Waals surface area contributed by atoms with Crippen LogP contribution in [0, 0.1) is 6.92 Å². The molecule has 1 aliphatic rings. The lowest BCUT2D eigenvalue weighted by atomic mass is 10.0. The van der Waals surface area contributed by atoms with E-state index in [4.69, 9.17) is 9.47 Å². The van der Waals surface area contributed by atoms with Gasteiger partial charge in [0.05, 0.1) is 19.3 Å². The van der Waals surface area contributed by atoms with Crippen LogP contribution in [-0.4, -0.2) is 53.2 Å². The number of fused-ring (bicyclic) bond motifs is 1. The first kappa shape index (κ1) is 21.9. The molecule has 1 aromatic carbocycles. The summed E-state index contributed by atoms with van der Waals surface area (Å²) < 4.78 is 38.0. The number of thiophene rings is 1. The highest BCUT2D eigenvalue weighted by Gasteiger charge is 2.33. The summed E-state index contributed by atoms with van der Waals surface area (Å²) in [6.07, 6.45) is 0.607. The number of carbonyl (C=O) groups is 1. The van der Waals surface area contributed by atoms with Crippen LogP contribution in [0.15, 0.2) is 28.5 Å². The molecular formula is C20H26N2O5S2. The van der Waals surface area contributed by atoms with Gasteiger partial charge in [-0.2, -0.15) is 0 Å². The summed E-state index contributed by atoms with van der Waals surface area (Å²) in [4.78, 5) is 15.6. The Morgan fingerprint density at radius 1 is 1.28 bits per heavy atom. The molecule has 9 heteroatoms. The summed E-state index contributed by atoms with van der Waals surface area (Å²) in [5, 5.41) is 0. The summed E-state index contributed by atoms with van der Waals surface area (Å²) in [5.74, 6) is -0.609. The van der Waals surface area contributed by atoms with Crippen molar-refractivity contribution in [2.75, 3.05) is 33.9 Å². The van der Waals surface area contributed by atoms with E-state index in [1.807, 2.05) is 12.1 Å². The predicted octanol–water partition coefficient (Wildman–Crippen LogP) is 2.33. The average Bonchev–Trinajstić information content (AvgIpc) is 3.09. The van der Waals surface area contributed by atoms with Crippen LogP contribution in [0.3, 0.4) is 0 Å². The third-order valence-corrected chi connectivity index (χ3v) is 8.19. The molecule has 0 saturated heterocycles. The maximum absolute atomic E-state index is 12.8. The van der Waals surface area contributed by atoms with E-state index in [1.165, 1.54) is 25.3 Å². The Balaban J connectivity index is 1.89. The highest BCUT2D eigenvalue weighted by molar-refractivity contribution is 7.91. The molecule has 0 spiro atoms. The van der Waals surface area contributed by atoms with Gasteiger partial charge >= 0.3 is 5.97 Å². The van der Waals surface area contributed by atoms with E-state index in [1.54, 1.807) is 0 Å². The molecule has 0 unspecified atom stereocenters. The minimum atomic E-state index is -3.83. The molecule has 2 aromatic rings. The molecule has 158 valence electrons. The van der Waals surface area contributed by atoms with Gasteiger partial charge < -0.3 is 9.47 Å². The van der Waals surface area contributed by atoms with Crippen molar-refractivity contribution in [1.29, 1.82) is 0 Å². The lowest BCUT2D eigenvalue weighted by Crippen LogP contribution is -2.30. The van der Waals surface area contributed by atoms with E-state index < -0.39 is 16.0 Å². The van der Waals surface area contributed by atoms with Crippen LogP contribution >= 0.6 is 11.3 Å². The number of ether oxygens (including phenoxy) is 2. The van der Waals surface area contributed by atoms with Crippen LogP contribution in [0.2, 0.25) is 0 Å². The summed E-state index contributed by atoms with van der Waals surface area (Å²) in [6, 6.07) is 8.23. The van der Waals surface area contributed by atoms with Gasteiger partial charge in [-0.3, -0.25) is 4.90 Å². The highest BCUT2D eigenvalue weighted by Crippen LogP contribution is 2.37. The van der Waals surface area contributed by atoms with E-state index in [-0.39, 0.29) is 22.9 Å². The van der Waals surface area contributed by atoms with Gasteiger partial charge in [0.15, 0.2) is 0 Å². The molecule has 3 rings (SSSR count). The van der Waals surface area contributed by atoms with Crippen LogP contribution in [0.5, 0.6) is 0 Å². The molecule has 7 nitrogen and oxygen atoms in total. The van der Waals surface area contributed by atoms with E-state index in [0.29, 0.717) is 13.0 Å². The number of benzene rings is 1. The fraction of sp³-hybridized carbons (Fsp3) is 0.450. The van der Waals surface area contributed by atoms with E-state index in [9.17, 15) is 13.2 Å². The zero-order valence-electron chi connectivity index (χ0n) is 16.9. The zero-order valence-corrected chi connectivity index (χ0v) is 18.5. The fourth-order valence-corrected chi connectivity index (χ4v) is 6.42. The number of hydrogen-bond acceptors (Lipinski definition) is 7. The maximum Gasteiger partial charge on any atom is 0.340 e. The Bertz CT molecular complexity index is 985. The molecular weight excluding hydrogens is 412 g/mol. The maximum atomic E-state index is 12.8. The second kappa shape index (κ2) is 9.36. The Labute approximate surface area is 175 Å². The summed E-state index contributed by atoms with van der Waals surface area (Å²) >= 11 is 1.16. The van der Waals surface area contributed by atoms with Crippen LogP contribution in [0.4, 0.5) is 0 Å². The largest absolute Gasteiger partial charge is 0.465 e. The van der Waals surface area contributed by atoms with Crippen LogP contribution < -0.4 is 4.72 Å². The minimum Gasteiger partial charge on any atom is -0.465 e. The van der Waals surface area contributed by atoms with Crippen LogP contribution in [0.1, 0.15) is 31.9 Å². The van der Waals surface area contributed by atoms with Crippen molar-refractivity contribution >= 4 is 27.3 Å². The first-order valence-corrected chi connectivity index (χ1v) is 11.7. The number of sulfonamides is 1. The van der Waals surface area contributed by atoms with E-state index in [0.717, 1.165) is 34.9 Å². The summed E-state index contributed by atoms with van der Waals surface area (Å²) in [5.41, 5.74) is 3.43. The number of nitrogens with zero attached hydrogens (tertiary/aromatic N) is 1. The number of methoxy groups -OCH3 is 2. The third kappa shape index (κ3) is 4.87.